The van der Waals surface area contributed by atoms with Crippen molar-refractivity contribution in [2.45, 2.75) is 13.8 Å². The number of imidazole rings is 1. The molecule has 2 aromatic carbocycles. The first-order valence-corrected chi connectivity index (χ1v) is 6.08. The quantitative estimate of drug-likeness (QED) is 0.724. The van der Waals surface area contributed by atoms with E-state index in [-0.39, 0.29) is 5.82 Å². The summed E-state index contributed by atoms with van der Waals surface area (Å²) >= 11 is 0. The van der Waals surface area contributed by atoms with Crippen molar-refractivity contribution < 1.29 is 4.39 Å². The van der Waals surface area contributed by atoms with Crippen LogP contribution in [0, 0.1) is 19.7 Å². The molecule has 0 fully saturated rings. The van der Waals surface area contributed by atoms with Gasteiger partial charge in [-0.05, 0) is 37.6 Å². The van der Waals surface area contributed by atoms with Gasteiger partial charge in [-0.25, -0.2) is 9.37 Å². The van der Waals surface area contributed by atoms with Crippen LogP contribution in [0.4, 0.5) is 10.3 Å². The first-order valence-electron chi connectivity index (χ1n) is 6.08. The van der Waals surface area contributed by atoms with Crippen LogP contribution in [-0.4, -0.2) is 9.55 Å². The smallest absolute Gasteiger partial charge is 0.205 e. The molecule has 0 aliphatic rings. The number of nitrogens with zero attached hydrogens (tertiary/aromatic N) is 2. The number of fused-ring (bicyclic) bond motifs is 1. The van der Waals surface area contributed by atoms with Gasteiger partial charge >= 0.3 is 0 Å². The van der Waals surface area contributed by atoms with Crippen molar-refractivity contribution in [3.05, 3.63) is 53.3 Å². The molecule has 0 radical (unpaired) electrons. The van der Waals surface area contributed by atoms with Gasteiger partial charge in [0.05, 0.1) is 16.7 Å². The molecule has 0 aliphatic heterocycles. The molecule has 0 atom stereocenters. The van der Waals surface area contributed by atoms with Gasteiger partial charge in [0.1, 0.15) is 5.82 Å². The first-order chi connectivity index (χ1) is 9.09. The fourth-order valence-electron chi connectivity index (χ4n) is 2.39. The Labute approximate surface area is 110 Å². The normalized spacial score (nSPS) is 11.1. The molecule has 19 heavy (non-hydrogen) atoms. The predicted molar refractivity (Wildman–Crippen MR) is 74.9 cm³/mol. The minimum atomic E-state index is -0.243. The lowest BCUT2D eigenvalue weighted by molar-refractivity contribution is 0.617. The van der Waals surface area contributed by atoms with E-state index in [4.69, 9.17) is 5.73 Å². The zero-order valence-electron chi connectivity index (χ0n) is 10.8. The summed E-state index contributed by atoms with van der Waals surface area (Å²) in [6.45, 7) is 3.74. The Kier molecular flexibility index (Phi) is 2.52. The van der Waals surface area contributed by atoms with E-state index in [2.05, 4.69) is 4.98 Å². The molecule has 0 saturated carbocycles. The molecule has 0 bridgehead atoms. The molecule has 3 rings (SSSR count). The number of para-hydroxylation sites is 1. The number of hydrogen-bond acceptors (Lipinski definition) is 2. The number of rotatable bonds is 1. The summed E-state index contributed by atoms with van der Waals surface area (Å²) in [4.78, 5) is 4.34. The Morgan fingerprint density at radius 2 is 1.84 bits per heavy atom. The van der Waals surface area contributed by atoms with Crippen LogP contribution < -0.4 is 5.73 Å². The van der Waals surface area contributed by atoms with E-state index in [1.54, 1.807) is 13.0 Å². The summed E-state index contributed by atoms with van der Waals surface area (Å²) in [5.74, 6) is 0.130. The highest BCUT2D eigenvalue weighted by molar-refractivity contribution is 5.84. The minimum Gasteiger partial charge on any atom is -0.369 e. The molecule has 96 valence electrons. The zero-order valence-corrected chi connectivity index (χ0v) is 10.8. The number of aryl methyl sites for hydroxylation is 1. The number of nitrogens with two attached hydrogens (primary N) is 1. The van der Waals surface area contributed by atoms with E-state index >= 15 is 0 Å². The Bertz CT molecular complexity index is 774. The highest BCUT2D eigenvalue weighted by atomic mass is 19.1. The second kappa shape index (κ2) is 4.09. The van der Waals surface area contributed by atoms with Crippen molar-refractivity contribution in [1.82, 2.24) is 9.55 Å². The fraction of sp³-hybridized carbons (Fsp3) is 0.133. The van der Waals surface area contributed by atoms with E-state index in [1.807, 2.05) is 35.8 Å². The Hall–Kier alpha value is -2.36. The van der Waals surface area contributed by atoms with Gasteiger partial charge in [0.2, 0.25) is 5.95 Å². The summed E-state index contributed by atoms with van der Waals surface area (Å²) in [5, 5.41) is 0. The highest BCUT2D eigenvalue weighted by Crippen LogP contribution is 2.28. The molecular weight excluding hydrogens is 241 g/mol. The van der Waals surface area contributed by atoms with Crippen molar-refractivity contribution in [3.8, 4) is 5.69 Å². The van der Waals surface area contributed by atoms with Crippen LogP contribution in [0.3, 0.4) is 0 Å². The molecular formula is C15H14FN3. The molecule has 1 heterocycles. The Morgan fingerprint density at radius 3 is 2.63 bits per heavy atom. The first kappa shape index (κ1) is 11.7. The molecule has 1 aromatic heterocycles. The predicted octanol–water partition coefficient (Wildman–Crippen LogP) is 3.36. The van der Waals surface area contributed by atoms with Crippen LogP contribution in [0.1, 0.15) is 11.1 Å². The molecule has 0 unspecified atom stereocenters. The molecule has 0 spiro atoms. The maximum absolute atomic E-state index is 13.7. The van der Waals surface area contributed by atoms with E-state index in [9.17, 15) is 4.39 Å². The van der Waals surface area contributed by atoms with Gasteiger partial charge < -0.3 is 5.73 Å². The molecule has 0 amide bonds. The summed E-state index contributed by atoms with van der Waals surface area (Å²) in [6.07, 6.45) is 0. The molecule has 2 N–H and O–H groups in total. The maximum atomic E-state index is 13.7. The molecule has 0 saturated heterocycles. The third-order valence-electron chi connectivity index (χ3n) is 3.38. The van der Waals surface area contributed by atoms with Crippen molar-refractivity contribution in [3.63, 3.8) is 0 Å². The van der Waals surface area contributed by atoms with Crippen LogP contribution in [0.2, 0.25) is 0 Å². The van der Waals surface area contributed by atoms with E-state index in [1.165, 1.54) is 6.07 Å². The number of nitrogen functional groups attached to an aromatic ring is 1. The minimum absolute atomic E-state index is 0.243. The lowest BCUT2D eigenvalue weighted by Gasteiger charge is -2.11. The zero-order chi connectivity index (χ0) is 13.6. The fourth-order valence-corrected chi connectivity index (χ4v) is 2.39. The number of benzene rings is 2. The van der Waals surface area contributed by atoms with Crippen molar-refractivity contribution >= 4 is 17.0 Å². The molecule has 3 nitrogen and oxygen atoms in total. The van der Waals surface area contributed by atoms with Crippen molar-refractivity contribution in [2.75, 3.05) is 5.73 Å². The average molecular weight is 255 g/mol. The van der Waals surface area contributed by atoms with Gasteiger partial charge in [-0.15, -0.1) is 0 Å². The summed E-state index contributed by atoms with van der Waals surface area (Å²) in [7, 11) is 0. The summed E-state index contributed by atoms with van der Waals surface area (Å²) < 4.78 is 15.5. The van der Waals surface area contributed by atoms with Crippen molar-refractivity contribution in [1.29, 1.82) is 0 Å². The Morgan fingerprint density at radius 1 is 1.11 bits per heavy atom. The van der Waals surface area contributed by atoms with Gasteiger partial charge in [0.25, 0.3) is 0 Å². The van der Waals surface area contributed by atoms with Crippen LogP contribution in [0.25, 0.3) is 16.7 Å². The van der Waals surface area contributed by atoms with Gasteiger partial charge in [0.15, 0.2) is 0 Å². The number of aromatic nitrogens is 2. The number of anilines is 1. The third-order valence-corrected chi connectivity index (χ3v) is 3.38. The molecule has 3 aromatic rings. The lowest BCUT2D eigenvalue weighted by atomic mass is 10.1. The van der Waals surface area contributed by atoms with Crippen LogP contribution >= 0.6 is 0 Å². The summed E-state index contributed by atoms with van der Waals surface area (Å²) in [5.41, 5.74) is 10.1. The van der Waals surface area contributed by atoms with Crippen LogP contribution in [-0.2, 0) is 0 Å². The van der Waals surface area contributed by atoms with Gasteiger partial charge in [-0.3, -0.25) is 4.57 Å². The number of halogens is 1. The lowest BCUT2D eigenvalue weighted by Crippen LogP contribution is -2.04. The second-order valence-corrected chi connectivity index (χ2v) is 4.63. The van der Waals surface area contributed by atoms with Gasteiger partial charge in [-0.1, -0.05) is 18.2 Å². The van der Waals surface area contributed by atoms with Crippen LogP contribution in [0.5, 0.6) is 0 Å². The van der Waals surface area contributed by atoms with Gasteiger partial charge in [0, 0.05) is 5.56 Å². The van der Waals surface area contributed by atoms with E-state index in [0.717, 1.165) is 22.3 Å². The largest absolute Gasteiger partial charge is 0.369 e. The van der Waals surface area contributed by atoms with E-state index in [0.29, 0.717) is 11.5 Å². The molecule has 0 aliphatic carbocycles. The van der Waals surface area contributed by atoms with Crippen molar-refractivity contribution in [2.24, 2.45) is 0 Å². The topological polar surface area (TPSA) is 43.8 Å². The molecule has 4 heteroatoms. The monoisotopic (exact) mass is 255 g/mol. The highest BCUT2D eigenvalue weighted by Gasteiger charge is 2.14. The average Bonchev–Trinajstić information content (AvgIpc) is 2.71. The van der Waals surface area contributed by atoms with E-state index < -0.39 is 0 Å². The second-order valence-electron chi connectivity index (χ2n) is 4.63. The number of hydrogen-bond donors (Lipinski definition) is 1. The van der Waals surface area contributed by atoms with Gasteiger partial charge in [-0.2, -0.15) is 0 Å². The summed E-state index contributed by atoms with van der Waals surface area (Å²) in [6, 6.07) is 10.8. The standard InChI is InChI=1S/C15H14FN3/c1-9-5-3-7-12-14(9)19(15(17)18-12)13-8-4-6-11(16)10(13)2/h3-8H,1-2H3,(H2,17,18). The van der Waals surface area contributed by atoms with Crippen LogP contribution in [0.15, 0.2) is 36.4 Å². The third kappa shape index (κ3) is 1.68. The Balaban J connectivity index is 2.43. The maximum Gasteiger partial charge on any atom is 0.205 e. The SMILES string of the molecule is Cc1c(F)cccc1-n1c(N)nc2cccc(C)c21.